The monoisotopic (exact) mass is 285 g/mol. The highest BCUT2D eigenvalue weighted by Crippen LogP contribution is 2.09. The van der Waals surface area contributed by atoms with Gasteiger partial charge in [0.25, 0.3) is 0 Å². The smallest absolute Gasteiger partial charge is 0.238 e. The third-order valence-corrected chi connectivity index (χ3v) is 3.49. The highest BCUT2D eigenvalue weighted by Gasteiger charge is 2.08. The summed E-state index contributed by atoms with van der Waals surface area (Å²) in [5, 5.41) is 7.76. The molecule has 0 saturated carbocycles. The van der Waals surface area contributed by atoms with E-state index in [0.29, 0.717) is 18.5 Å². The van der Waals surface area contributed by atoms with E-state index < -0.39 is 10.0 Å². The summed E-state index contributed by atoms with van der Waals surface area (Å²) >= 11 is 0. The summed E-state index contributed by atoms with van der Waals surface area (Å²) in [7, 11) is -3.71. The minimum atomic E-state index is -3.71. The van der Waals surface area contributed by atoms with Crippen molar-refractivity contribution >= 4 is 15.9 Å². The van der Waals surface area contributed by atoms with Crippen LogP contribution in [-0.4, -0.2) is 20.9 Å². The van der Waals surface area contributed by atoms with E-state index in [1.54, 1.807) is 12.1 Å². The molecule has 19 heavy (non-hydrogen) atoms. The fourth-order valence-electron chi connectivity index (χ4n) is 1.55. The Morgan fingerprint density at radius 3 is 2.63 bits per heavy atom. The number of carbonyl (C=O) groups is 1. The minimum Gasteiger partial charge on any atom is -0.352 e. The molecule has 0 aliphatic carbocycles. The summed E-state index contributed by atoms with van der Waals surface area (Å²) in [5.41, 5.74) is 6.03. The van der Waals surface area contributed by atoms with Crippen molar-refractivity contribution in [1.29, 1.82) is 0 Å². The first-order valence-corrected chi connectivity index (χ1v) is 7.56. The maximum atomic E-state index is 11.5. The van der Waals surface area contributed by atoms with E-state index in [2.05, 4.69) is 5.32 Å². The summed E-state index contributed by atoms with van der Waals surface area (Å²) in [6.45, 7) is 0.856. The lowest BCUT2D eigenvalue weighted by Crippen LogP contribution is -2.23. The predicted molar refractivity (Wildman–Crippen MR) is 72.6 cm³/mol. The van der Waals surface area contributed by atoms with Crippen molar-refractivity contribution in [3.63, 3.8) is 0 Å². The molecular weight excluding hydrogens is 266 g/mol. The maximum Gasteiger partial charge on any atom is 0.238 e. The van der Waals surface area contributed by atoms with Crippen LogP contribution in [0, 0.1) is 0 Å². The van der Waals surface area contributed by atoms with Crippen LogP contribution in [0.15, 0.2) is 29.2 Å². The maximum absolute atomic E-state index is 11.5. The van der Waals surface area contributed by atoms with E-state index in [1.807, 2.05) is 0 Å². The van der Waals surface area contributed by atoms with Gasteiger partial charge in [-0.15, -0.1) is 0 Å². The average Bonchev–Trinajstić information content (AvgIpc) is 2.36. The third kappa shape index (κ3) is 5.82. The van der Waals surface area contributed by atoms with Crippen molar-refractivity contribution in [3.8, 4) is 0 Å². The molecule has 1 amide bonds. The Labute approximate surface area is 113 Å². The number of primary sulfonamides is 1. The number of carbonyl (C=O) groups excluding carboxylic acids is 1. The largest absolute Gasteiger partial charge is 0.352 e. The fourth-order valence-corrected chi connectivity index (χ4v) is 2.14. The number of amides is 1. The van der Waals surface area contributed by atoms with Crippen molar-refractivity contribution in [1.82, 2.24) is 5.32 Å². The van der Waals surface area contributed by atoms with Gasteiger partial charge in [-0.2, -0.15) is 0 Å². The number of unbranched alkanes of at least 4 members (excludes halogenated alkanes) is 1. The average molecular weight is 285 g/mol. The van der Waals surface area contributed by atoms with Crippen LogP contribution in [0.4, 0.5) is 0 Å². The number of nitrogens with two attached hydrogens (primary N) is 2. The molecule has 0 heterocycles. The van der Waals surface area contributed by atoms with E-state index in [0.717, 1.165) is 12.8 Å². The Balaban J connectivity index is 2.52. The van der Waals surface area contributed by atoms with Crippen molar-refractivity contribution in [2.75, 3.05) is 6.54 Å². The first-order chi connectivity index (χ1) is 8.93. The first-order valence-electron chi connectivity index (χ1n) is 6.02. The molecule has 0 spiro atoms. The second-order valence-electron chi connectivity index (χ2n) is 4.21. The van der Waals surface area contributed by atoms with Crippen LogP contribution in [0.3, 0.4) is 0 Å². The molecule has 1 rings (SSSR count). The standard InChI is InChI=1S/C12H19N3O3S/c13-7-2-1-6-12(16)15-9-10-4-3-5-11(8-10)19(14,17)18/h3-5,8H,1-2,6-7,9,13H2,(H,15,16)(H2,14,17,18). The van der Waals surface area contributed by atoms with E-state index in [-0.39, 0.29) is 17.3 Å². The van der Waals surface area contributed by atoms with Gasteiger partial charge >= 0.3 is 0 Å². The highest BCUT2D eigenvalue weighted by molar-refractivity contribution is 7.89. The highest BCUT2D eigenvalue weighted by atomic mass is 32.2. The van der Waals surface area contributed by atoms with Crippen LogP contribution in [-0.2, 0) is 21.4 Å². The molecule has 106 valence electrons. The number of nitrogens with one attached hydrogen (secondary N) is 1. The van der Waals surface area contributed by atoms with Crippen LogP contribution >= 0.6 is 0 Å². The van der Waals surface area contributed by atoms with Gasteiger partial charge in [0.05, 0.1) is 4.90 Å². The molecule has 6 nitrogen and oxygen atoms in total. The number of hydrogen-bond acceptors (Lipinski definition) is 4. The molecule has 5 N–H and O–H groups in total. The van der Waals surface area contributed by atoms with Crippen LogP contribution in [0.2, 0.25) is 0 Å². The first kappa shape index (κ1) is 15.6. The Bertz CT molecular complexity index is 529. The second kappa shape index (κ2) is 7.22. The normalized spacial score (nSPS) is 11.3. The van der Waals surface area contributed by atoms with Gasteiger partial charge in [0.15, 0.2) is 0 Å². The van der Waals surface area contributed by atoms with Gasteiger partial charge in [-0.05, 0) is 37.1 Å². The molecule has 1 aromatic rings. The Kier molecular flexibility index (Phi) is 5.94. The van der Waals surface area contributed by atoms with Gasteiger partial charge < -0.3 is 11.1 Å². The molecule has 0 aliphatic rings. The molecule has 1 aromatic carbocycles. The fraction of sp³-hybridized carbons (Fsp3) is 0.417. The summed E-state index contributed by atoms with van der Waals surface area (Å²) in [6, 6.07) is 6.20. The minimum absolute atomic E-state index is 0.0439. The van der Waals surface area contributed by atoms with E-state index >= 15 is 0 Å². The topological polar surface area (TPSA) is 115 Å². The lowest BCUT2D eigenvalue weighted by atomic mass is 10.2. The van der Waals surface area contributed by atoms with E-state index in [4.69, 9.17) is 10.9 Å². The Hall–Kier alpha value is -1.44. The van der Waals surface area contributed by atoms with Gasteiger partial charge in [0.2, 0.25) is 15.9 Å². The van der Waals surface area contributed by atoms with E-state index in [9.17, 15) is 13.2 Å². The number of sulfonamides is 1. The van der Waals surface area contributed by atoms with E-state index in [1.165, 1.54) is 12.1 Å². The van der Waals surface area contributed by atoms with Crippen molar-refractivity contribution in [2.45, 2.75) is 30.7 Å². The van der Waals surface area contributed by atoms with Crippen molar-refractivity contribution < 1.29 is 13.2 Å². The molecule has 0 saturated heterocycles. The van der Waals surface area contributed by atoms with Crippen molar-refractivity contribution in [2.24, 2.45) is 10.9 Å². The third-order valence-electron chi connectivity index (χ3n) is 2.57. The van der Waals surface area contributed by atoms with Gasteiger partial charge in [-0.1, -0.05) is 12.1 Å². The van der Waals surface area contributed by atoms with Gasteiger partial charge in [-0.3, -0.25) is 4.79 Å². The SMILES string of the molecule is NCCCCC(=O)NCc1cccc(S(N)(=O)=O)c1. The number of hydrogen-bond donors (Lipinski definition) is 3. The molecular formula is C12H19N3O3S. The van der Waals surface area contributed by atoms with Crippen molar-refractivity contribution in [3.05, 3.63) is 29.8 Å². The Morgan fingerprint density at radius 1 is 1.26 bits per heavy atom. The molecule has 0 bridgehead atoms. The molecule has 7 heteroatoms. The van der Waals surface area contributed by atoms with Gasteiger partial charge in [0.1, 0.15) is 0 Å². The molecule has 0 fully saturated rings. The number of rotatable bonds is 7. The molecule has 0 aromatic heterocycles. The lowest BCUT2D eigenvalue weighted by molar-refractivity contribution is -0.121. The summed E-state index contributed by atoms with van der Waals surface area (Å²) in [4.78, 5) is 11.5. The van der Waals surface area contributed by atoms with Crippen LogP contribution in [0.5, 0.6) is 0 Å². The van der Waals surface area contributed by atoms with Crippen LogP contribution in [0.1, 0.15) is 24.8 Å². The summed E-state index contributed by atoms with van der Waals surface area (Å²) < 4.78 is 22.4. The Morgan fingerprint density at radius 2 is 2.00 bits per heavy atom. The summed E-state index contributed by atoms with van der Waals surface area (Å²) in [5.74, 6) is -0.0746. The molecule has 0 radical (unpaired) electrons. The predicted octanol–water partition coefficient (Wildman–Crippen LogP) is 0.0792. The lowest BCUT2D eigenvalue weighted by Gasteiger charge is -2.06. The zero-order valence-electron chi connectivity index (χ0n) is 10.6. The van der Waals surface area contributed by atoms with Gasteiger partial charge in [0, 0.05) is 13.0 Å². The quantitative estimate of drug-likeness (QED) is 0.615. The van der Waals surface area contributed by atoms with Crippen LogP contribution < -0.4 is 16.2 Å². The summed E-state index contributed by atoms with van der Waals surface area (Å²) in [6.07, 6.45) is 1.99. The zero-order valence-corrected chi connectivity index (χ0v) is 11.4. The number of benzene rings is 1. The molecule has 0 aliphatic heterocycles. The molecule has 0 unspecified atom stereocenters. The second-order valence-corrected chi connectivity index (χ2v) is 5.78. The van der Waals surface area contributed by atoms with Crippen LogP contribution in [0.25, 0.3) is 0 Å². The molecule has 0 atom stereocenters. The zero-order chi connectivity index (χ0) is 14.3. The van der Waals surface area contributed by atoms with Gasteiger partial charge in [-0.25, -0.2) is 13.6 Å².